The molecule has 0 atom stereocenters. The molecule has 6 nitrogen and oxygen atoms in total. The predicted molar refractivity (Wildman–Crippen MR) is 114 cm³/mol. The summed E-state index contributed by atoms with van der Waals surface area (Å²) < 4.78 is 33.2. The third-order valence-corrected chi connectivity index (χ3v) is 7.20. The Morgan fingerprint density at radius 2 is 1.83 bits per heavy atom. The number of sulfonamides is 1. The molecule has 3 rings (SSSR count). The fourth-order valence-corrected chi connectivity index (χ4v) is 5.11. The number of amides is 1. The van der Waals surface area contributed by atoms with Gasteiger partial charge in [0.1, 0.15) is 5.75 Å². The first-order valence-corrected chi connectivity index (χ1v) is 11.5. The van der Waals surface area contributed by atoms with Gasteiger partial charge >= 0.3 is 0 Å². The second kappa shape index (κ2) is 9.41. The lowest BCUT2D eigenvalue weighted by molar-refractivity contribution is 0.102. The van der Waals surface area contributed by atoms with Crippen LogP contribution in [0.5, 0.6) is 5.75 Å². The lowest BCUT2D eigenvalue weighted by atomic mass is 9.96. The van der Waals surface area contributed by atoms with Crippen LogP contribution in [-0.2, 0) is 10.0 Å². The monoisotopic (exact) mass is 416 g/mol. The third-order valence-electron chi connectivity index (χ3n) is 5.30. The molecule has 2 aromatic rings. The van der Waals surface area contributed by atoms with E-state index in [4.69, 9.17) is 4.74 Å². The van der Waals surface area contributed by atoms with Crippen molar-refractivity contribution >= 4 is 21.6 Å². The maximum absolute atomic E-state index is 13.1. The number of anilines is 1. The molecule has 0 aromatic heterocycles. The summed E-state index contributed by atoms with van der Waals surface area (Å²) in [4.78, 5) is 12.9. The summed E-state index contributed by atoms with van der Waals surface area (Å²) >= 11 is 0. The first-order chi connectivity index (χ1) is 13.9. The summed E-state index contributed by atoms with van der Waals surface area (Å²) in [5.74, 6) is 0.193. The second-order valence-corrected chi connectivity index (χ2v) is 9.22. The van der Waals surface area contributed by atoms with E-state index >= 15 is 0 Å². The van der Waals surface area contributed by atoms with Crippen molar-refractivity contribution in [3.05, 3.63) is 54.1 Å². The number of nitrogens with one attached hydrogen (secondary N) is 1. The number of benzene rings is 2. The Morgan fingerprint density at radius 3 is 2.55 bits per heavy atom. The van der Waals surface area contributed by atoms with Gasteiger partial charge in [-0.1, -0.05) is 37.5 Å². The van der Waals surface area contributed by atoms with Crippen LogP contribution in [0, 0.1) is 0 Å². The molecule has 2 aromatic carbocycles. The molecule has 0 saturated heterocycles. The van der Waals surface area contributed by atoms with Crippen molar-refractivity contribution < 1.29 is 17.9 Å². The van der Waals surface area contributed by atoms with Gasteiger partial charge in [0.15, 0.2) is 0 Å². The average molecular weight is 417 g/mol. The highest BCUT2D eigenvalue weighted by molar-refractivity contribution is 7.89. The Morgan fingerprint density at radius 1 is 1.10 bits per heavy atom. The molecule has 1 amide bonds. The Hall–Kier alpha value is -2.38. The summed E-state index contributed by atoms with van der Waals surface area (Å²) in [5.41, 5.74) is 0.835. The zero-order valence-corrected chi connectivity index (χ0v) is 17.7. The molecule has 29 heavy (non-hydrogen) atoms. The van der Waals surface area contributed by atoms with Crippen molar-refractivity contribution in [3.8, 4) is 5.75 Å². The molecule has 0 radical (unpaired) electrons. The standard InChI is InChI=1S/C22H28N2O4S/c1-3-28-21-15-8-7-14-20(21)23-22(25)17-10-9-13-19(16-17)29(26,27)24(2)18-11-5-4-6-12-18/h7-10,13-16,18H,3-6,11-12H2,1-2H3,(H,23,25). The zero-order valence-electron chi connectivity index (χ0n) is 16.9. The lowest BCUT2D eigenvalue weighted by Gasteiger charge is -2.30. The minimum atomic E-state index is -3.66. The van der Waals surface area contributed by atoms with E-state index in [1.807, 2.05) is 13.0 Å². The van der Waals surface area contributed by atoms with Gasteiger partial charge in [-0.25, -0.2) is 8.42 Å². The van der Waals surface area contributed by atoms with Gasteiger partial charge < -0.3 is 10.1 Å². The van der Waals surface area contributed by atoms with Gasteiger partial charge in [0.05, 0.1) is 17.2 Å². The first kappa shape index (κ1) is 21.3. The fourth-order valence-electron chi connectivity index (χ4n) is 3.65. The van der Waals surface area contributed by atoms with Crippen molar-refractivity contribution in [2.45, 2.75) is 50.0 Å². The molecule has 0 bridgehead atoms. The molecule has 0 aliphatic heterocycles. The molecule has 1 N–H and O–H groups in total. The van der Waals surface area contributed by atoms with E-state index in [1.54, 1.807) is 43.4 Å². The van der Waals surface area contributed by atoms with Crippen LogP contribution in [0.3, 0.4) is 0 Å². The molecule has 1 aliphatic rings. The molecular formula is C22H28N2O4S. The maximum Gasteiger partial charge on any atom is 0.255 e. The van der Waals surface area contributed by atoms with Gasteiger partial charge in [-0.2, -0.15) is 4.31 Å². The smallest absolute Gasteiger partial charge is 0.255 e. The molecule has 0 spiro atoms. The van der Waals surface area contributed by atoms with E-state index in [0.29, 0.717) is 18.0 Å². The van der Waals surface area contributed by atoms with Crippen molar-refractivity contribution in [1.29, 1.82) is 0 Å². The number of nitrogens with zero attached hydrogens (tertiary/aromatic N) is 1. The van der Waals surface area contributed by atoms with Gasteiger partial charge in [-0.05, 0) is 50.1 Å². The average Bonchev–Trinajstić information content (AvgIpc) is 2.75. The lowest BCUT2D eigenvalue weighted by Crippen LogP contribution is -2.38. The van der Waals surface area contributed by atoms with Gasteiger partial charge in [0.2, 0.25) is 10.0 Å². The highest BCUT2D eigenvalue weighted by Gasteiger charge is 2.29. The van der Waals surface area contributed by atoms with Gasteiger partial charge in [0, 0.05) is 18.7 Å². The largest absolute Gasteiger partial charge is 0.492 e. The van der Waals surface area contributed by atoms with Crippen LogP contribution in [0.1, 0.15) is 49.4 Å². The third kappa shape index (κ3) is 4.97. The molecule has 1 aliphatic carbocycles. The summed E-state index contributed by atoms with van der Waals surface area (Å²) in [6.45, 7) is 2.35. The summed E-state index contributed by atoms with van der Waals surface area (Å²) in [7, 11) is -2.02. The molecular weight excluding hydrogens is 388 g/mol. The van der Waals surface area contributed by atoms with E-state index < -0.39 is 10.0 Å². The maximum atomic E-state index is 13.1. The molecule has 0 unspecified atom stereocenters. The van der Waals surface area contributed by atoms with Crippen LogP contribution in [0.25, 0.3) is 0 Å². The molecule has 1 saturated carbocycles. The Balaban J connectivity index is 1.81. The minimum Gasteiger partial charge on any atom is -0.492 e. The van der Waals surface area contributed by atoms with Crippen LogP contribution in [0.4, 0.5) is 5.69 Å². The number of para-hydroxylation sites is 2. The molecule has 1 fully saturated rings. The quantitative estimate of drug-likeness (QED) is 0.730. The Kier molecular flexibility index (Phi) is 6.92. The number of hydrogen-bond donors (Lipinski definition) is 1. The number of ether oxygens (including phenoxy) is 1. The number of carbonyl (C=O) groups excluding carboxylic acids is 1. The van der Waals surface area contributed by atoms with E-state index in [9.17, 15) is 13.2 Å². The highest BCUT2D eigenvalue weighted by atomic mass is 32.2. The second-order valence-electron chi connectivity index (χ2n) is 7.22. The number of carbonyl (C=O) groups is 1. The highest BCUT2D eigenvalue weighted by Crippen LogP contribution is 2.28. The fraction of sp³-hybridized carbons (Fsp3) is 0.409. The van der Waals surface area contributed by atoms with Crippen LogP contribution in [-0.4, -0.2) is 38.3 Å². The van der Waals surface area contributed by atoms with E-state index in [0.717, 1.165) is 32.1 Å². The normalized spacial score (nSPS) is 15.3. The molecule has 156 valence electrons. The van der Waals surface area contributed by atoms with Crippen molar-refractivity contribution in [1.82, 2.24) is 4.31 Å². The zero-order chi connectivity index (χ0) is 20.9. The predicted octanol–water partition coefficient (Wildman–Crippen LogP) is 4.29. The van der Waals surface area contributed by atoms with Gasteiger partial charge in [-0.15, -0.1) is 0 Å². The van der Waals surface area contributed by atoms with Crippen LogP contribution >= 0.6 is 0 Å². The van der Waals surface area contributed by atoms with Gasteiger partial charge in [-0.3, -0.25) is 4.79 Å². The van der Waals surface area contributed by atoms with E-state index in [2.05, 4.69) is 5.32 Å². The summed E-state index contributed by atoms with van der Waals surface area (Å²) in [5, 5.41) is 2.81. The summed E-state index contributed by atoms with van der Waals surface area (Å²) in [6, 6.07) is 13.4. The van der Waals surface area contributed by atoms with Crippen LogP contribution < -0.4 is 10.1 Å². The van der Waals surface area contributed by atoms with Crippen molar-refractivity contribution in [3.63, 3.8) is 0 Å². The van der Waals surface area contributed by atoms with E-state index in [-0.39, 0.29) is 22.4 Å². The summed E-state index contributed by atoms with van der Waals surface area (Å²) in [6.07, 6.45) is 5.01. The van der Waals surface area contributed by atoms with Crippen LogP contribution in [0.2, 0.25) is 0 Å². The Bertz CT molecular complexity index is 953. The molecule has 7 heteroatoms. The first-order valence-electron chi connectivity index (χ1n) is 10.0. The minimum absolute atomic E-state index is 0.0179. The van der Waals surface area contributed by atoms with E-state index in [1.165, 1.54) is 10.4 Å². The van der Waals surface area contributed by atoms with Gasteiger partial charge in [0.25, 0.3) is 5.91 Å². The van der Waals surface area contributed by atoms with Crippen molar-refractivity contribution in [2.75, 3.05) is 19.0 Å². The number of rotatable bonds is 7. The van der Waals surface area contributed by atoms with Crippen LogP contribution in [0.15, 0.2) is 53.4 Å². The SMILES string of the molecule is CCOc1ccccc1NC(=O)c1cccc(S(=O)(=O)N(C)C2CCCCC2)c1. The Labute approximate surface area is 172 Å². The molecule has 0 heterocycles. The number of hydrogen-bond acceptors (Lipinski definition) is 4. The topological polar surface area (TPSA) is 75.7 Å². The van der Waals surface area contributed by atoms with Crippen molar-refractivity contribution in [2.24, 2.45) is 0 Å².